The van der Waals surface area contributed by atoms with Gasteiger partial charge in [0.15, 0.2) is 5.96 Å². The molecule has 0 aromatic heterocycles. The molecule has 1 aliphatic heterocycles. The first-order chi connectivity index (χ1) is 7.29. The van der Waals surface area contributed by atoms with Crippen LogP contribution in [0.25, 0.3) is 0 Å². The summed E-state index contributed by atoms with van der Waals surface area (Å²) in [6.45, 7) is 9.23. The lowest BCUT2D eigenvalue weighted by Gasteiger charge is -2.49. The fourth-order valence-corrected chi connectivity index (χ4v) is 2.47. The zero-order valence-corrected chi connectivity index (χ0v) is 13.6. The van der Waals surface area contributed by atoms with Crippen molar-refractivity contribution in [3.05, 3.63) is 0 Å². The summed E-state index contributed by atoms with van der Waals surface area (Å²) in [6, 6.07) is 0.212. The van der Waals surface area contributed by atoms with Crippen LogP contribution in [-0.2, 0) is 4.79 Å². The van der Waals surface area contributed by atoms with Crippen molar-refractivity contribution < 1.29 is 4.79 Å². The molecule has 1 rings (SSSR count). The lowest BCUT2D eigenvalue weighted by atomic mass is 9.96. The van der Waals surface area contributed by atoms with Crippen molar-refractivity contribution in [3.63, 3.8) is 0 Å². The van der Waals surface area contributed by atoms with Gasteiger partial charge in [-0.3, -0.25) is 9.79 Å². The Labute approximate surface area is 120 Å². The largest absolute Gasteiger partial charge is 0.370 e. The first-order valence-corrected chi connectivity index (χ1v) is 5.59. The van der Waals surface area contributed by atoms with Crippen LogP contribution in [0.2, 0.25) is 0 Å². The number of aliphatic imine (C=N–C) groups is 1. The quantitative estimate of drug-likeness (QED) is 0.432. The molecule has 0 spiro atoms. The molecule has 1 heterocycles. The van der Waals surface area contributed by atoms with Crippen molar-refractivity contribution in [2.75, 3.05) is 20.1 Å². The Morgan fingerprint density at radius 2 is 2.00 bits per heavy atom. The second-order valence-electron chi connectivity index (χ2n) is 5.11. The van der Waals surface area contributed by atoms with Crippen LogP contribution in [0.4, 0.5) is 0 Å². The first kappa shape index (κ1) is 16.5. The van der Waals surface area contributed by atoms with E-state index in [9.17, 15) is 4.79 Å². The highest BCUT2D eigenvalue weighted by Gasteiger charge is 2.40. The van der Waals surface area contributed by atoms with E-state index < -0.39 is 0 Å². The first-order valence-electron chi connectivity index (χ1n) is 5.59. The number of rotatable bonds is 1. The lowest BCUT2D eigenvalue weighted by molar-refractivity contribution is -0.145. The van der Waals surface area contributed by atoms with Crippen LogP contribution in [0.1, 0.15) is 27.7 Å². The van der Waals surface area contributed by atoms with Gasteiger partial charge in [0.05, 0.1) is 12.1 Å². The number of amides is 1. The number of piperazine rings is 1. The minimum Gasteiger partial charge on any atom is -0.370 e. The summed E-state index contributed by atoms with van der Waals surface area (Å²) in [4.78, 5) is 19.7. The summed E-state index contributed by atoms with van der Waals surface area (Å²) in [5, 5.41) is 0. The van der Waals surface area contributed by atoms with Gasteiger partial charge in [-0.05, 0) is 27.7 Å². The van der Waals surface area contributed by atoms with Crippen molar-refractivity contribution in [1.29, 1.82) is 0 Å². The van der Waals surface area contributed by atoms with E-state index in [-0.39, 0.29) is 41.5 Å². The van der Waals surface area contributed by atoms with Crippen molar-refractivity contribution in [2.24, 2.45) is 10.7 Å². The van der Waals surface area contributed by atoms with Gasteiger partial charge in [-0.15, -0.1) is 24.0 Å². The zero-order chi connectivity index (χ0) is 12.5. The van der Waals surface area contributed by atoms with E-state index in [0.29, 0.717) is 12.5 Å². The maximum absolute atomic E-state index is 12.1. The molecule has 5 nitrogen and oxygen atoms in total. The molecule has 0 aromatic carbocycles. The highest BCUT2D eigenvalue weighted by molar-refractivity contribution is 14.0. The van der Waals surface area contributed by atoms with E-state index in [1.165, 1.54) is 0 Å². The Hall–Kier alpha value is -0.530. The van der Waals surface area contributed by atoms with Crippen LogP contribution < -0.4 is 5.73 Å². The normalized spacial score (nSPS) is 20.6. The van der Waals surface area contributed by atoms with E-state index in [2.05, 4.69) is 18.8 Å². The van der Waals surface area contributed by atoms with E-state index in [4.69, 9.17) is 5.73 Å². The van der Waals surface area contributed by atoms with Gasteiger partial charge in [0.2, 0.25) is 5.91 Å². The average Bonchev–Trinajstić information content (AvgIpc) is 2.13. The Kier molecular flexibility index (Phi) is 5.70. The summed E-state index contributed by atoms with van der Waals surface area (Å²) in [7, 11) is 1.64. The topological polar surface area (TPSA) is 61.9 Å². The molecule has 0 saturated carbocycles. The molecule has 6 heteroatoms. The van der Waals surface area contributed by atoms with Crippen molar-refractivity contribution in [2.45, 2.75) is 39.3 Å². The fraction of sp³-hybridized carbons (Fsp3) is 0.818. The van der Waals surface area contributed by atoms with E-state index in [1.807, 2.05) is 23.6 Å². The fourth-order valence-electron chi connectivity index (χ4n) is 2.47. The van der Waals surface area contributed by atoms with Gasteiger partial charge < -0.3 is 15.5 Å². The summed E-state index contributed by atoms with van der Waals surface area (Å²) in [5.41, 5.74) is 5.55. The molecule has 1 fully saturated rings. The molecule has 0 bridgehead atoms. The van der Waals surface area contributed by atoms with Gasteiger partial charge in [0, 0.05) is 19.6 Å². The van der Waals surface area contributed by atoms with E-state index >= 15 is 0 Å². The molecule has 17 heavy (non-hydrogen) atoms. The standard InChI is InChI=1S/C11H22N4O.HI/c1-8(2)15-9(16)6-14(10(12)13-5)7-11(15,3)4;/h8H,6-7H2,1-5H3,(H2,12,13);1H. The van der Waals surface area contributed by atoms with Gasteiger partial charge in [-0.2, -0.15) is 0 Å². The molecule has 1 saturated heterocycles. The third-order valence-electron chi connectivity index (χ3n) is 2.89. The molecular formula is C11H23IN4O. The monoisotopic (exact) mass is 354 g/mol. The van der Waals surface area contributed by atoms with Crippen molar-refractivity contribution >= 4 is 35.8 Å². The Balaban J connectivity index is 0.00000256. The predicted molar refractivity (Wildman–Crippen MR) is 80.6 cm³/mol. The van der Waals surface area contributed by atoms with E-state index in [0.717, 1.165) is 6.54 Å². The molecule has 100 valence electrons. The van der Waals surface area contributed by atoms with Gasteiger partial charge in [0.1, 0.15) is 0 Å². The van der Waals surface area contributed by atoms with Gasteiger partial charge in [0.25, 0.3) is 0 Å². The second-order valence-corrected chi connectivity index (χ2v) is 5.11. The number of halogens is 1. The molecule has 0 aliphatic carbocycles. The molecule has 0 unspecified atom stereocenters. The van der Waals surface area contributed by atoms with Crippen molar-refractivity contribution in [3.8, 4) is 0 Å². The molecule has 0 atom stereocenters. The Morgan fingerprint density at radius 1 is 1.47 bits per heavy atom. The van der Waals surface area contributed by atoms with Gasteiger partial charge in [-0.1, -0.05) is 0 Å². The minimum absolute atomic E-state index is 0. The SMILES string of the molecule is CN=C(N)N1CC(=O)N(C(C)C)C(C)(C)C1.I. The average molecular weight is 354 g/mol. The number of nitrogens with zero attached hydrogens (tertiary/aromatic N) is 3. The van der Waals surface area contributed by atoms with Gasteiger partial charge in [-0.25, -0.2) is 0 Å². The minimum atomic E-state index is -0.210. The van der Waals surface area contributed by atoms with Crippen LogP contribution in [0, 0.1) is 0 Å². The summed E-state index contributed by atoms with van der Waals surface area (Å²) in [6.07, 6.45) is 0. The third kappa shape index (κ3) is 3.46. The highest BCUT2D eigenvalue weighted by atomic mass is 127. The third-order valence-corrected chi connectivity index (χ3v) is 2.89. The molecule has 0 aromatic rings. The van der Waals surface area contributed by atoms with E-state index in [1.54, 1.807) is 7.05 Å². The number of nitrogens with two attached hydrogens (primary N) is 1. The maximum atomic E-state index is 12.1. The van der Waals surface area contributed by atoms with Crippen LogP contribution in [0.5, 0.6) is 0 Å². The van der Waals surface area contributed by atoms with Crippen molar-refractivity contribution in [1.82, 2.24) is 9.80 Å². The van der Waals surface area contributed by atoms with Crippen LogP contribution in [0.3, 0.4) is 0 Å². The maximum Gasteiger partial charge on any atom is 0.242 e. The summed E-state index contributed by atoms with van der Waals surface area (Å²) in [5.74, 6) is 0.544. The van der Waals surface area contributed by atoms with Crippen LogP contribution in [-0.4, -0.2) is 53.4 Å². The highest BCUT2D eigenvalue weighted by Crippen LogP contribution is 2.23. The van der Waals surface area contributed by atoms with Gasteiger partial charge >= 0.3 is 0 Å². The molecule has 0 radical (unpaired) electrons. The Morgan fingerprint density at radius 3 is 2.35 bits per heavy atom. The number of carbonyl (C=O) groups is 1. The summed E-state index contributed by atoms with van der Waals surface area (Å²) >= 11 is 0. The smallest absolute Gasteiger partial charge is 0.242 e. The van der Waals surface area contributed by atoms with Crippen LogP contribution in [0.15, 0.2) is 4.99 Å². The number of hydrogen-bond acceptors (Lipinski definition) is 2. The molecular weight excluding hydrogens is 331 g/mol. The molecule has 2 N–H and O–H groups in total. The zero-order valence-electron chi connectivity index (χ0n) is 11.2. The summed E-state index contributed by atoms with van der Waals surface area (Å²) < 4.78 is 0. The molecule has 1 amide bonds. The van der Waals surface area contributed by atoms with Crippen LogP contribution >= 0.6 is 24.0 Å². The lowest BCUT2D eigenvalue weighted by Crippen LogP contribution is -2.65. The predicted octanol–water partition coefficient (Wildman–Crippen LogP) is 0.880. The number of guanidine groups is 1. The molecule has 1 aliphatic rings. The second kappa shape index (κ2) is 5.88. The Bertz CT molecular complexity index is 315. The number of hydrogen-bond donors (Lipinski definition) is 1. The number of carbonyl (C=O) groups excluding carboxylic acids is 1.